The highest BCUT2D eigenvalue weighted by atomic mass is 19.4. The van der Waals surface area contributed by atoms with Crippen molar-refractivity contribution in [3.05, 3.63) is 88.0 Å². The van der Waals surface area contributed by atoms with Crippen LogP contribution in [0.5, 0.6) is 5.75 Å². The van der Waals surface area contributed by atoms with Gasteiger partial charge in [-0.3, -0.25) is 0 Å². The Kier molecular flexibility index (Phi) is 8.50. The number of amides is 1. The van der Waals surface area contributed by atoms with Crippen molar-refractivity contribution in [2.75, 3.05) is 13.7 Å². The van der Waals surface area contributed by atoms with Crippen molar-refractivity contribution in [1.82, 2.24) is 4.90 Å². The van der Waals surface area contributed by atoms with Crippen LogP contribution in [-0.2, 0) is 35.2 Å². The second kappa shape index (κ2) is 11.7. The number of cyclic esters (lactones) is 1. The number of hydrogen-bond acceptors (Lipinski definition) is 4. The molecule has 1 heterocycles. The fourth-order valence-corrected chi connectivity index (χ4v) is 5.73. The number of aliphatic hydroxyl groups excluding tert-OH is 1. The zero-order valence-electron chi connectivity index (χ0n) is 24.4. The fourth-order valence-electron chi connectivity index (χ4n) is 5.73. The van der Waals surface area contributed by atoms with Gasteiger partial charge in [0.2, 0.25) is 0 Å². The lowest BCUT2D eigenvalue weighted by atomic mass is 9.90. The molecule has 248 valence electrons. The molecular formula is C32H28F9NO4. The number of ether oxygens (including phenoxy) is 2. The first-order chi connectivity index (χ1) is 21.4. The second-order valence-corrected chi connectivity index (χ2v) is 11.6. The average molecular weight is 662 g/mol. The molecule has 1 aliphatic heterocycles. The first-order valence-corrected chi connectivity index (χ1v) is 14.1. The largest absolute Gasteiger partial charge is 0.496 e. The van der Waals surface area contributed by atoms with Gasteiger partial charge in [0.1, 0.15) is 11.9 Å². The van der Waals surface area contributed by atoms with Crippen molar-refractivity contribution in [3.8, 4) is 16.9 Å². The maximum Gasteiger partial charge on any atom is 0.416 e. The van der Waals surface area contributed by atoms with Crippen LogP contribution in [0.15, 0.2) is 54.6 Å². The van der Waals surface area contributed by atoms with E-state index in [0.717, 1.165) is 22.6 Å². The number of halogens is 9. The minimum absolute atomic E-state index is 0.0338. The lowest BCUT2D eigenvalue weighted by Crippen LogP contribution is -2.44. The van der Waals surface area contributed by atoms with Gasteiger partial charge >= 0.3 is 24.6 Å². The molecule has 3 aromatic carbocycles. The van der Waals surface area contributed by atoms with Crippen LogP contribution in [0.1, 0.15) is 65.7 Å². The molecule has 0 bridgehead atoms. The number of aliphatic hydroxyl groups is 1. The highest BCUT2D eigenvalue weighted by Gasteiger charge is 2.44. The Labute approximate surface area is 257 Å². The van der Waals surface area contributed by atoms with Crippen LogP contribution in [0.3, 0.4) is 0 Å². The molecule has 1 saturated carbocycles. The first kappa shape index (κ1) is 33.4. The van der Waals surface area contributed by atoms with Crippen molar-refractivity contribution >= 4 is 6.09 Å². The fraction of sp³-hybridized carbons (Fsp3) is 0.406. The van der Waals surface area contributed by atoms with Crippen LogP contribution >= 0.6 is 0 Å². The summed E-state index contributed by atoms with van der Waals surface area (Å²) in [6.07, 6.45) is -16.4. The second-order valence-electron chi connectivity index (χ2n) is 11.6. The first-order valence-electron chi connectivity index (χ1n) is 14.1. The van der Waals surface area contributed by atoms with Gasteiger partial charge in [0, 0.05) is 30.0 Å². The molecule has 0 unspecified atom stereocenters. The number of carbonyl (C=O) groups excluding carboxylic acids is 1. The van der Waals surface area contributed by atoms with Gasteiger partial charge in [-0.25, -0.2) is 4.79 Å². The van der Waals surface area contributed by atoms with E-state index in [2.05, 4.69) is 0 Å². The standard InChI is InChI=1S/C32H28F9NO4/c1-17-9-27(18-10-22(31(36,37)38)13-23(11-18)32(39,40)41)46-28(44)42(17)15-19-12-21(30(33,34)35)3-5-24(19)25-14-20(4-6-26(25)45-2)29(16-43)7-8-29/h3-6,10-14,17,27,43H,7-9,15-16H2,1-2H3/t17-,27-/m0/s1. The summed E-state index contributed by atoms with van der Waals surface area (Å²) in [5, 5.41) is 9.94. The predicted octanol–water partition coefficient (Wildman–Crippen LogP) is 8.91. The normalized spacial score (nSPS) is 20.0. The quantitative estimate of drug-likeness (QED) is 0.257. The molecule has 1 saturated heterocycles. The summed E-state index contributed by atoms with van der Waals surface area (Å²) in [4.78, 5) is 14.3. The molecule has 14 heteroatoms. The molecule has 46 heavy (non-hydrogen) atoms. The molecular weight excluding hydrogens is 633 g/mol. The Morgan fingerprint density at radius 3 is 1.96 bits per heavy atom. The Bertz CT molecular complexity index is 1590. The summed E-state index contributed by atoms with van der Waals surface area (Å²) in [7, 11) is 1.38. The van der Waals surface area contributed by atoms with Crippen LogP contribution in [0.25, 0.3) is 11.1 Å². The monoisotopic (exact) mass is 661 g/mol. The van der Waals surface area contributed by atoms with E-state index < -0.39 is 71.0 Å². The van der Waals surface area contributed by atoms with Crippen molar-refractivity contribution in [3.63, 3.8) is 0 Å². The van der Waals surface area contributed by atoms with Gasteiger partial charge < -0.3 is 19.5 Å². The summed E-state index contributed by atoms with van der Waals surface area (Å²) in [5.41, 5.74) is -3.65. The van der Waals surface area contributed by atoms with Crippen LogP contribution in [0.4, 0.5) is 44.3 Å². The molecule has 5 rings (SSSR count). The van der Waals surface area contributed by atoms with Crippen LogP contribution in [-0.4, -0.2) is 35.9 Å². The number of methoxy groups -OCH3 is 1. The lowest BCUT2D eigenvalue weighted by molar-refractivity contribution is -0.143. The maximum atomic E-state index is 13.8. The molecule has 0 aromatic heterocycles. The van der Waals surface area contributed by atoms with Crippen molar-refractivity contribution < 1.29 is 58.9 Å². The van der Waals surface area contributed by atoms with E-state index in [-0.39, 0.29) is 30.2 Å². The molecule has 5 nitrogen and oxygen atoms in total. The van der Waals surface area contributed by atoms with E-state index in [0.29, 0.717) is 36.3 Å². The van der Waals surface area contributed by atoms with Gasteiger partial charge in [-0.05, 0) is 84.5 Å². The third-order valence-electron chi connectivity index (χ3n) is 8.58. The summed E-state index contributed by atoms with van der Waals surface area (Å²) in [5.74, 6) is 0.317. The zero-order chi connectivity index (χ0) is 33.8. The van der Waals surface area contributed by atoms with Gasteiger partial charge in [0.05, 0.1) is 30.4 Å². The van der Waals surface area contributed by atoms with Gasteiger partial charge in [-0.1, -0.05) is 12.1 Å². The highest BCUT2D eigenvalue weighted by Crippen LogP contribution is 2.50. The van der Waals surface area contributed by atoms with E-state index in [1.807, 2.05) is 0 Å². The number of carbonyl (C=O) groups is 1. The Balaban J connectivity index is 1.51. The summed E-state index contributed by atoms with van der Waals surface area (Å²) >= 11 is 0. The van der Waals surface area contributed by atoms with Crippen molar-refractivity contribution in [2.45, 2.75) is 68.8 Å². The maximum absolute atomic E-state index is 13.8. The van der Waals surface area contributed by atoms with E-state index in [1.165, 1.54) is 20.1 Å². The highest BCUT2D eigenvalue weighted by molar-refractivity contribution is 5.76. The molecule has 0 radical (unpaired) electrons. The zero-order valence-corrected chi connectivity index (χ0v) is 24.4. The minimum atomic E-state index is -5.11. The lowest BCUT2D eigenvalue weighted by Gasteiger charge is -2.38. The van der Waals surface area contributed by atoms with E-state index in [9.17, 15) is 49.4 Å². The molecule has 1 N–H and O–H groups in total. The smallest absolute Gasteiger partial charge is 0.416 e. The van der Waals surface area contributed by atoms with Crippen molar-refractivity contribution in [1.29, 1.82) is 0 Å². The topological polar surface area (TPSA) is 59.0 Å². The third-order valence-corrected chi connectivity index (χ3v) is 8.58. The van der Waals surface area contributed by atoms with Gasteiger partial charge in [0.25, 0.3) is 0 Å². The molecule has 2 fully saturated rings. The van der Waals surface area contributed by atoms with Gasteiger partial charge in [0.15, 0.2) is 0 Å². The van der Waals surface area contributed by atoms with Gasteiger partial charge in [-0.2, -0.15) is 39.5 Å². The van der Waals surface area contributed by atoms with Crippen molar-refractivity contribution in [2.24, 2.45) is 0 Å². The number of rotatable bonds is 7. The summed E-state index contributed by atoms with van der Waals surface area (Å²) < 4.78 is 133. The number of hydrogen-bond donors (Lipinski definition) is 1. The van der Waals surface area contributed by atoms with E-state index >= 15 is 0 Å². The van der Waals surface area contributed by atoms with Crippen LogP contribution in [0, 0.1) is 0 Å². The molecule has 2 atom stereocenters. The molecule has 1 aliphatic carbocycles. The molecule has 3 aromatic rings. The minimum Gasteiger partial charge on any atom is -0.496 e. The number of alkyl halides is 9. The van der Waals surface area contributed by atoms with E-state index in [4.69, 9.17) is 9.47 Å². The van der Waals surface area contributed by atoms with Crippen LogP contribution < -0.4 is 4.74 Å². The predicted molar refractivity (Wildman–Crippen MR) is 147 cm³/mol. The van der Waals surface area contributed by atoms with Crippen LogP contribution in [0.2, 0.25) is 0 Å². The number of nitrogens with zero attached hydrogens (tertiary/aromatic N) is 1. The number of benzene rings is 3. The van der Waals surface area contributed by atoms with Gasteiger partial charge in [-0.15, -0.1) is 0 Å². The molecule has 2 aliphatic rings. The Morgan fingerprint density at radius 1 is 0.848 bits per heavy atom. The molecule has 0 spiro atoms. The average Bonchev–Trinajstić information content (AvgIpc) is 3.78. The SMILES string of the molecule is COc1ccc(C2(CO)CC2)cc1-c1ccc(C(F)(F)F)cc1CN1C(=O)O[C@H](c2cc(C(F)(F)F)cc(C(F)(F)F)c2)C[C@@H]1C. The summed E-state index contributed by atoms with van der Waals surface area (Å²) in [6, 6.07) is 8.17. The summed E-state index contributed by atoms with van der Waals surface area (Å²) in [6.45, 7) is 0.909. The Hall–Kier alpha value is -3.94. The Morgan fingerprint density at radius 2 is 1.46 bits per heavy atom. The third kappa shape index (κ3) is 6.62. The van der Waals surface area contributed by atoms with E-state index in [1.54, 1.807) is 18.2 Å². The molecule has 1 amide bonds.